The Kier molecular flexibility index (Phi) is 9.44. The van der Waals surface area contributed by atoms with Gasteiger partial charge in [-0.3, -0.25) is 9.36 Å². The van der Waals surface area contributed by atoms with E-state index in [0.29, 0.717) is 6.42 Å². The normalized spacial score (nSPS) is 27.1. The van der Waals surface area contributed by atoms with Gasteiger partial charge in [0.2, 0.25) is 5.91 Å². The van der Waals surface area contributed by atoms with Crippen molar-refractivity contribution in [1.82, 2.24) is 14.2 Å². The van der Waals surface area contributed by atoms with E-state index in [2.05, 4.69) is 82.2 Å². The summed E-state index contributed by atoms with van der Waals surface area (Å²) in [6.45, 7) is 6.65. The first-order chi connectivity index (χ1) is 21.3. The van der Waals surface area contributed by atoms with Gasteiger partial charge in [0.1, 0.15) is 26.2 Å². The molecule has 3 aliphatic heterocycles. The number of aliphatic hydroxyl groups excluding tert-OH is 1. The summed E-state index contributed by atoms with van der Waals surface area (Å²) in [4.78, 5) is 28.9. The quantitative estimate of drug-likeness (QED) is 0.257. The second kappa shape index (κ2) is 13.3. The molecule has 0 spiro atoms. The van der Waals surface area contributed by atoms with Crippen molar-refractivity contribution in [3.05, 3.63) is 83.4 Å². The molecule has 4 heterocycles. The van der Waals surface area contributed by atoms with Crippen LogP contribution in [0, 0.1) is 5.92 Å². The molecule has 3 aliphatic rings. The van der Waals surface area contributed by atoms with E-state index >= 15 is 0 Å². The summed E-state index contributed by atoms with van der Waals surface area (Å²) in [5.74, 6) is -0.249. The smallest absolute Gasteiger partial charge is 0.351 e. The lowest BCUT2D eigenvalue weighted by Crippen LogP contribution is -2.58. The van der Waals surface area contributed by atoms with Crippen LogP contribution in [-0.4, -0.2) is 70.8 Å². The number of hydrogen-bond acceptors (Lipinski definition) is 8. The molecule has 234 valence electrons. The number of hydrogen-bond donors (Lipinski definition) is 2. The number of anilines is 1. The van der Waals surface area contributed by atoms with E-state index in [1.807, 2.05) is 0 Å². The van der Waals surface area contributed by atoms with Gasteiger partial charge < -0.3 is 24.2 Å². The van der Waals surface area contributed by atoms with Crippen LogP contribution in [-0.2, 0) is 18.6 Å². The number of aromatic nitrogens is 2. The maximum Gasteiger partial charge on any atom is 0.351 e. The van der Waals surface area contributed by atoms with Crippen LogP contribution in [0.2, 0.25) is 12.6 Å². The van der Waals surface area contributed by atoms with Crippen molar-refractivity contribution in [2.75, 3.05) is 18.5 Å². The first kappa shape index (κ1) is 31.2. The zero-order valence-electron chi connectivity index (χ0n) is 25.4. The minimum Gasteiger partial charge on any atom is -0.394 e. The maximum absolute atomic E-state index is 12.9. The molecular formula is C32H41N4O6PSi. The van der Waals surface area contributed by atoms with Crippen molar-refractivity contribution in [2.24, 2.45) is 5.92 Å². The van der Waals surface area contributed by atoms with Crippen molar-refractivity contribution in [3.63, 3.8) is 0 Å². The maximum atomic E-state index is 12.9. The van der Waals surface area contributed by atoms with Crippen LogP contribution in [0.25, 0.3) is 0 Å². The van der Waals surface area contributed by atoms with Gasteiger partial charge >= 0.3 is 5.69 Å². The third kappa shape index (κ3) is 6.32. The Morgan fingerprint density at radius 3 is 2.41 bits per heavy atom. The summed E-state index contributed by atoms with van der Waals surface area (Å²) < 4.78 is 23.3. The van der Waals surface area contributed by atoms with Gasteiger partial charge in [0.15, 0.2) is 0 Å². The van der Waals surface area contributed by atoms with E-state index in [1.165, 1.54) is 14.9 Å². The molecule has 2 aromatic carbocycles. The Bertz CT molecular complexity index is 1460. The van der Waals surface area contributed by atoms with Crippen LogP contribution in [0.3, 0.4) is 0 Å². The first-order valence-corrected chi connectivity index (χ1v) is 19.3. The number of ether oxygens (including phenoxy) is 1. The zero-order chi connectivity index (χ0) is 30.8. The molecule has 0 aliphatic carbocycles. The molecular weight excluding hydrogens is 595 g/mol. The number of carbonyl (C=O) groups excluding carboxylic acids is 1. The van der Waals surface area contributed by atoms with Crippen LogP contribution >= 0.6 is 8.53 Å². The van der Waals surface area contributed by atoms with Crippen molar-refractivity contribution in [1.29, 1.82) is 0 Å². The number of amides is 1. The van der Waals surface area contributed by atoms with Crippen molar-refractivity contribution < 1.29 is 23.7 Å². The Labute approximate surface area is 260 Å². The molecule has 0 saturated carbocycles. The van der Waals surface area contributed by atoms with Gasteiger partial charge in [0.25, 0.3) is 8.53 Å². The van der Waals surface area contributed by atoms with Gasteiger partial charge in [-0.15, -0.1) is 0 Å². The Morgan fingerprint density at radius 2 is 1.80 bits per heavy atom. The average molecular weight is 637 g/mol. The molecule has 3 fully saturated rings. The second-order valence-electron chi connectivity index (χ2n) is 12.4. The number of fused-ring (bicyclic) bond motifs is 1. The Hall–Kier alpha value is -2.76. The van der Waals surface area contributed by atoms with Gasteiger partial charge in [-0.2, -0.15) is 4.98 Å². The molecule has 10 nitrogen and oxygen atoms in total. The molecule has 0 unspecified atom stereocenters. The van der Waals surface area contributed by atoms with Crippen molar-refractivity contribution in [3.8, 4) is 0 Å². The molecule has 12 heteroatoms. The highest BCUT2D eigenvalue weighted by Gasteiger charge is 2.51. The third-order valence-electron chi connectivity index (χ3n) is 9.07. The number of benzene rings is 2. The number of aliphatic hydroxyl groups is 1. The molecule has 6 rings (SSSR count). The van der Waals surface area contributed by atoms with Crippen LogP contribution in [0.1, 0.15) is 39.3 Å². The average Bonchev–Trinajstić information content (AvgIpc) is 3.75. The second-order valence-corrected chi connectivity index (χ2v) is 18.0. The van der Waals surface area contributed by atoms with Crippen molar-refractivity contribution >= 4 is 38.7 Å². The predicted octanol–water partition coefficient (Wildman–Crippen LogP) is 3.49. The summed E-state index contributed by atoms with van der Waals surface area (Å²) in [5, 5.41) is 15.6. The highest BCUT2D eigenvalue weighted by atomic mass is 31.2. The fraction of sp³-hybridized carbons (Fsp3) is 0.469. The largest absolute Gasteiger partial charge is 0.394 e. The monoisotopic (exact) mass is 636 g/mol. The summed E-state index contributed by atoms with van der Waals surface area (Å²) in [6.07, 6.45) is 2.42. The molecule has 0 radical (unpaired) electrons. The lowest BCUT2D eigenvalue weighted by molar-refractivity contribution is -0.118. The Morgan fingerprint density at radius 1 is 1.11 bits per heavy atom. The SMILES string of the molecule is CC(C)C(=O)Nc1ccn([C@H]2C[C@@H](O[P@@]3O[C@H](C[Si](C)(c4ccccc4)c4ccccc4)[C@@H]4CCCN43)[C@@H](CO)O2)c(=O)n1. The number of rotatable bonds is 10. The van der Waals surface area contributed by atoms with E-state index in [1.54, 1.807) is 26.1 Å². The summed E-state index contributed by atoms with van der Waals surface area (Å²) in [6, 6.07) is 24.5. The predicted molar refractivity (Wildman–Crippen MR) is 173 cm³/mol. The standard InChI is InChI=1S/C32H41N4O6PSi/c1-22(2)31(38)33-29-16-18-35(32(39)34-29)30-19-26(27(20-37)40-30)41-43-36-17-10-15-25(36)28(42-43)21-44(3,23-11-6-4-7-12-23)24-13-8-5-9-14-24/h4-9,11-14,16,18,22,25-28,30,37H,10,15,17,19-21H2,1-3H3,(H,33,34,38,39)/t25-,26+,27+,28+,30+,43-/m0/s1. The molecule has 2 N–H and O–H groups in total. The molecule has 44 heavy (non-hydrogen) atoms. The lowest BCUT2D eigenvalue weighted by atomic mass is 10.1. The van der Waals surface area contributed by atoms with E-state index < -0.39 is 40.7 Å². The van der Waals surface area contributed by atoms with Gasteiger partial charge in [-0.05, 0) is 25.0 Å². The molecule has 3 saturated heterocycles. The van der Waals surface area contributed by atoms with Gasteiger partial charge in [0.05, 0.1) is 18.8 Å². The topological polar surface area (TPSA) is 115 Å². The van der Waals surface area contributed by atoms with Crippen LogP contribution in [0.5, 0.6) is 0 Å². The molecule has 0 bridgehead atoms. The first-order valence-electron chi connectivity index (χ1n) is 15.4. The van der Waals surface area contributed by atoms with Crippen LogP contribution < -0.4 is 21.4 Å². The lowest BCUT2D eigenvalue weighted by Gasteiger charge is -2.32. The van der Waals surface area contributed by atoms with E-state index in [0.717, 1.165) is 25.4 Å². The Balaban J connectivity index is 1.18. The van der Waals surface area contributed by atoms with E-state index in [9.17, 15) is 14.7 Å². The highest BCUT2D eigenvalue weighted by Crippen LogP contribution is 2.58. The number of nitrogens with one attached hydrogen (secondary N) is 1. The zero-order valence-corrected chi connectivity index (χ0v) is 27.3. The molecule has 3 aromatic rings. The fourth-order valence-corrected chi connectivity index (χ4v) is 12.5. The van der Waals surface area contributed by atoms with Gasteiger partial charge in [-0.1, -0.05) is 91.4 Å². The number of carbonyl (C=O) groups is 1. The summed E-state index contributed by atoms with van der Waals surface area (Å²) in [5.41, 5.74) is -0.539. The molecule has 6 atom stereocenters. The fourth-order valence-electron chi connectivity index (χ4n) is 6.51. The summed E-state index contributed by atoms with van der Waals surface area (Å²) in [7, 11) is -3.50. The van der Waals surface area contributed by atoms with Gasteiger partial charge in [0, 0.05) is 31.1 Å². The highest BCUT2D eigenvalue weighted by molar-refractivity contribution is 7.45. The third-order valence-corrected chi connectivity index (χ3v) is 15.3. The van der Waals surface area contributed by atoms with Gasteiger partial charge in [-0.25, -0.2) is 9.46 Å². The molecule has 1 aromatic heterocycles. The van der Waals surface area contributed by atoms with Crippen molar-refractivity contribution in [2.45, 2.75) is 76.3 Å². The minimum absolute atomic E-state index is 0.0341. The van der Waals surface area contributed by atoms with E-state index in [-0.39, 0.29) is 36.4 Å². The minimum atomic E-state index is -2.14. The van der Waals surface area contributed by atoms with Crippen LogP contribution in [0.4, 0.5) is 5.82 Å². The summed E-state index contributed by atoms with van der Waals surface area (Å²) >= 11 is 0. The molecule has 1 amide bonds. The van der Waals surface area contributed by atoms with E-state index in [4.69, 9.17) is 13.8 Å². The van der Waals surface area contributed by atoms with Crippen LogP contribution in [0.15, 0.2) is 77.7 Å². The number of nitrogens with zero attached hydrogens (tertiary/aromatic N) is 3.